The van der Waals surface area contributed by atoms with E-state index in [-0.39, 0.29) is 6.10 Å². The number of aliphatic hydroxyl groups excluding tert-OH is 1. The van der Waals surface area contributed by atoms with Crippen LogP contribution in [0.1, 0.15) is 25.7 Å². The second kappa shape index (κ2) is 8.07. The summed E-state index contributed by atoms with van der Waals surface area (Å²) in [5.74, 6) is 0. The van der Waals surface area contributed by atoms with E-state index in [0.29, 0.717) is 25.9 Å². The first-order valence-electron chi connectivity index (χ1n) is 7.04. The van der Waals surface area contributed by atoms with Gasteiger partial charge < -0.3 is 24.6 Å². The number of ether oxygens (including phenoxy) is 3. The van der Waals surface area contributed by atoms with Gasteiger partial charge in [0.15, 0.2) is 0 Å². The molecule has 2 heterocycles. The molecule has 2 saturated heterocycles. The van der Waals surface area contributed by atoms with Crippen molar-refractivity contribution >= 4 is 0 Å². The van der Waals surface area contributed by atoms with E-state index in [1.165, 1.54) is 0 Å². The third-order valence-corrected chi connectivity index (χ3v) is 3.41. The maximum Gasteiger partial charge on any atom is 0.0897 e. The summed E-state index contributed by atoms with van der Waals surface area (Å²) in [7, 11) is 0. The molecule has 3 unspecified atom stereocenters. The molecule has 2 rings (SSSR count). The minimum Gasteiger partial charge on any atom is -0.389 e. The normalized spacial score (nSPS) is 29.8. The van der Waals surface area contributed by atoms with E-state index >= 15 is 0 Å². The van der Waals surface area contributed by atoms with Crippen molar-refractivity contribution in [2.24, 2.45) is 0 Å². The number of rotatable bonds is 8. The molecule has 2 aliphatic rings. The van der Waals surface area contributed by atoms with Crippen molar-refractivity contribution in [3.8, 4) is 0 Å². The molecule has 106 valence electrons. The average molecular weight is 259 g/mol. The van der Waals surface area contributed by atoms with E-state index in [1.807, 2.05) is 0 Å². The standard InChI is InChI=1S/C13H25NO4/c15-11(7-14-8-12-3-1-5-17-12)9-16-10-13-4-2-6-18-13/h11-15H,1-10H2. The van der Waals surface area contributed by atoms with Gasteiger partial charge >= 0.3 is 0 Å². The Hall–Kier alpha value is -0.200. The monoisotopic (exact) mass is 259 g/mol. The molecule has 0 spiro atoms. The molecule has 2 fully saturated rings. The van der Waals surface area contributed by atoms with Gasteiger partial charge in [-0.2, -0.15) is 0 Å². The van der Waals surface area contributed by atoms with Crippen LogP contribution in [0.25, 0.3) is 0 Å². The van der Waals surface area contributed by atoms with Crippen LogP contribution >= 0.6 is 0 Å². The Morgan fingerprint density at radius 3 is 2.56 bits per heavy atom. The van der Waals surface area contributed by atoms with Gasteiger partial charge in [0, 0.05) is 26.3 Å². The SMILES string of the molecule is OC(CNCC1CCCO1)COCC1CCCO1. The summed E-state index contributed by atoms with van der Waals surface area (Å²) in [6.07, 6.45) is 4.58. The van der Waals surface area contributed by atoms with E-state index in [9.17, 15) is 5.11 Å². The Morgan fingerprint density at radius 1 is 1.17 bits per heavy atom. The van der Waals surface area contributed by atoms with Gasteiger partial charge in [-0.05, 0) is 25.7 Å². The lowest BCUT2D eigenvalue weighted by Gasteiger charge is -2.16. The van der Waals surface area contributed by atoms with Crippen molar-refractivity contribution in [1.82, 2.24) is 5.32 Å². The molecular formula is C13H25NO4. The number of hydrogen-bond acceptors (Lipinski definition) is 5. The number of hydrogen-bond donors (Lipinski definition) is 2. The summed E-state index contributed by atoms with van der Waals surface area (Å²) in [5.41, 5.74) is 0. The average Bonchev–Trinajstić information content (AvgIpc) is 3.01. The first-order valence-corrected chi connectivity index (χ1v) is 7.04. The van der Waals surface area contributed by atoms with Crippen molar-refractivity contribution < 1.29 is 19.3 Å². The molecule has 2 aliphatic heterocycles. The highest BCUT2D eigenvalue weighted by atomic mass is 16.5. The van der Waals surface area contributed by atoms with Crippen molar-refractivity contribution in [2.75, 3.05) is 39.5 Å². The van der Waals surface area contributed by atoms with Crippen molar-refractivity contribution in [2.45, 2.75) is 44.0 Å². The molecule has 18 heavy (non-hydrogen) atoms. The molecule has 0 bridgehead atoms. The van der Waals surface area contributed by atoms with Gasteiger partial charge in [0.05, 0.1) is 31.5 Å². The third kappa shape index (κ3) is 5.20. The summed E-state index contributed by atoms with van der Waals surface area (Å²) in [4.78, 5) is 0. The van der Waals surface area contributed by atoms with Gasteiger partial charge in [-0.3, -0.25) is 0 Å². The molecule has 5 heteroatoms. The molecule has 0 saturated carbocycles. The Morgan fingerprint density at radius 2 is 1.89 bits per heavy atom. The quantitative estimate of drug-likeness (QED) is 0.657. The summed E-state index contributed by atoms with van der Waals surface area (Å²) in [5, 5.41) is 12.9. The predicted octanol–water partition coefficient (Wildman–Crippen LogP) is 0.311. The summed E-state index contributed by atoms with van der Waals surface area (Å²) >= 11 is 0. The number of nitrogens with one attached hydrogen (secondary N) is 1. The zero-order valence-electron chi connectivity index (χ0n) is 11.0. The predicted molar refractivity (Wildman–Crippen MR) is 67.6 cm³/mol. The van der Waals surface area contributed by atoms with Gasteiger partial charge in [-0.25, -0.2) is 0 Å². The molecule has 0 aliphatic carbocycles. The minimum absolute atomic E-state index is 0.233. The lowest BCUT2D eigenvalue weighted by atomic mass is 10.2. The topological polar surface area (TPSA) is 60.0 Å². The van der Waals surface area contributed by atoms with Crippen LogP contribution in [0.2, 0.25) is 0 Å². The maximum atomic E-state index is 9.73. The Bertz CT molecular complexity index is 193. The first-order chi connectivity index (χ1) is 8.84. The molecule has 3 atom stereocenters. The van der Waals surface area contributed by atoms with Crippen molar-refractivity contribution in [3.05, 3.63) is 0 Å². The summed E-state index contributed by atoms with van der Waals surface area (Å²) in [6, 6.07) is 0. The van der Waals surface area contributed by atoms with Gasteiger partial charge in [0.1, 0.15) is 0 Å². The summed E-state index contributed by atoms with van der Waals surface area (Å²) in [6.45, 7) is 4.08. The van der Waals surface area contributed by atoms with Crippen LogP contribution in [0.4, 0.5) is 0 Å². The molecule has 5 nitrogen and oxygen atoms in total. The first kappa shape index (κ1) is 14.2. The van der Waals surface area contributed by atoms with Gasteiger partial charge in [-0.15, -0.1) is 0 Å². The maximum absolute atomic E-state index is 9.73. The molecule has 0 amide bonds. The molecule has 0 aromatic carbocycles. The van der Waals surface area contributed by atoms with Crippen LogP contribution in [0.3, 0.4) is 0 Å². The summed E-state index contributed by atoms with van der Waals surface area (Å²) < 4.78 is 16.4. The highest BCUT2D eigenvalue weighted by molar-refractivity contribution is 4.69. The van der Waals surface area contributed by atoms with E-state index < -0.39 is 6.10 Å². The molecular weight excluding hydrogens is 234 g/mol. The van der Waals surface area contributed by atoms with Crippen LogP contribution in [0.15, 0.2) is 0 Å². The molecule has 0 radical (unpaired) electrons. The van der Waals surface area contributed by atoms with Crippen molar-refractivity contribution in [3.63, 3.8) is 0 Å². The van der Waals surface area contributed by atoms with E-state index in [2.05, 4.69) is 5.32 Å². The molecule has 0 aromatic heterocycles. The zero-order valence-corrected chi connectivity index (χ0v) is 11.0. The van der Waals surface area contributed by atoms with Crippen LogP contribution < -0.4 is 5.32 Å². The second-order valence-corrected chi connectivity index (χ2v) is 5.12. The fourth-order valence-corrected chi connectivity index (χ4v) is 2.39. The smallest absolute Gasteiger partial charge is 0.0897 e. The fourth-order valence-electron chi connectivity index (χ4n) is 2.39. The Labute approximate surface area is 109 Å². The van der Waals surface area contributed by atoms with Crippen LogP contribution in [-0.4, -0.2) is 62.9 Å². The van der Waals surface area contributed by atoms with Gasteiger partial charge in [0.2, 0.25) is 0 Å². The fraction of sp³-hybridized carbons (Fsp3) is 1.00. The van der Waals surface area contributed by atoms with E-state index in [4.69, 9.17) is 14.2 Å². The highest BCUT2D eigenvalue weighted by Crippen LogP contribution is 2.12. The van der Waals surface area contributed by atoms with Crippen LogP contribution in [0.5, 0.6) is 0 Å². The lowest BCUT2D eigenvalue weighted by molar-refractivity contribution is -0.0170. The van der Waals surface area contributed by atoms with Crippen LogP contribution in [-0.2, 0) is 14.2 Å². The minimum atomic E-state index is -0.451. The number of aliphatic hydroxyl groups is 1. The lowest BCUT2D eigenvalue weighted by Crippen LogP contribution is -2.35. The second-order valence-electron chi connectivity index (χ2n) is 5.12. The zero-order chi connectivity index (χ0) is 12.6. The highest BCUT2D eigenvalue weighted by Gasteiger charge is 2.17. The van der Waals surface area contributed by atoms with E-state index in [0.717, 1.165) is 45.4 Å². The largest absolute Gasteiger partial charge is 0.389 e. The van der Waals surface area contributed by atoms with Gasteiger partial charge in [-0.1, -0.05) is 0 Å². The van der Waals surface area contributed by atoms with Crippen molar-refractivity contribution in [1.29, 1.82) is 0 Å². The Kier molecular flexibility index (Phi) is 6.37. The Balaban J connectivity index is 1.43. The van der Waals surface area contributed by atoms with Crippen LogP contribution in [0, 0.1) is 0 Å². The molecule has 0 aromatic rings. The third-order valence-electron chi connectivity index (χ3n) is 3.41. The van der Waals surface area contributed by atoms with Gasteiger partial charge in [0.25, 0.3) is 0 Å². The molecule has 2 N–H and O–H groups in total. The van der Waals surface area contributed by atoms with E-state index in [1.54, 1.807) is 0 Å².